The van der Waals surface area contributed by atoms with Gasteiger partial charge < -0.3 is 4.74 Å². The number of rotatable bonds is 0. The van der Waals surface area contributed by atoms with Crippen molar-refractivity contribution >= 4 is 11.8 Å². The summed E-state index contributed by atoms with van der Waals surface area (Å²) in [5.41, 5.74) is 3.19. The van der Waals surface area contributed by atoms with Crippen molar-refractivity contribution in [2.45, 2.75) is 52.6 Å². The molecule has 0 saturated carbocycles. The molecule has 0 fully saturated rings. The lowest BCUT2D eigenvalue weighted by atomic mass is 9.95. The van der Waals surface area contributed by atoms with Crippen LogP contribution in [-0.2, 0) is 16.0 Å². The molecule has 122 valence electrons. The Hall–Kier alpha value is -2.16. The van der Waals surface area contributed by atoms with Crippen LogP contribution < -0.4 is 0 Å². The average Bonchev–Trinajstić information content (AvgIpc) is 2.44. The molecule has 1 aliphatic heterocycles. The topological polar surface area (TPSA) is 43.4 Å². The molecule has 1 atom stereocenters. The molecule has 0 unspecified atom stereocenters. The molecule has 1 aromatic carbocycles. The number of aryl methyl sites for hydroxylation is 2. The van der Waals surface area contributed by atoms with Gasteiger partial charge in [-0.2, -0.15) is 0 Å². The van der Waals surface area contributed by atoms with Crippen molar-refractivity contribution in [2.75, 3.05) is 0 Å². The van der Waals surface area contributed by atoms with Crippen molar-refractivity contribution in [3.05, 3.63) is 58.7 Å². The molecule has 1 aromatic rings. The summed E-state index contributed by atoms with van der Waals surface area (Å²) in [7, 11) is 0. The van der Waals surface area contributed by atoms with Gasteiger partial charge in [0.25, 0.3) is 0 Å². The van der Waals surface area contributed by atoms with E-state index in [0.717, 1.165) is 29.5 Å². The van der Waals surface area contributed by atoms with E-state index in [1.807, 2.05) is 45.1 Å². The van der Waals surface area contributed by atoms with Crippen molar-refractivity contribution < 1.29 is 14.3 Å². The van der Waals surface area contributed by atoms with Gasteiger partial charge in [0, 0.05) is 12.8 Å². The zero-order valence-electron chi connectivity index (χ0n) is 14.1. The number of hydrogen-bond acceptors (Lipinski definition) is 3. The number of ketones is 1. The van der Waals surface area contributed by atoms with Crippen molar-refractivity contribution in [3.63, 3.8) is 0 Å². The minimum absolute atomic E-state index is 0.0122. The zero-order chi connectivity index (χ0) is 16.8. The monoisotopic (exact) mass is 312 g/mol. The normalized spacial score (nSPS) is 22.7. The zero-order valence-corrected chi connectivity index (χ0v) is 14.1. The lowest BCUT2D eigenvalue weighted by Crippen LogP contribution is -2.18. The predicted octanol–water partition coefficient (Wildman–Crippen LogP) is 4.26. The lowest BCUT2D eigenvalue weighted by Gasteiger charge is -2.16. The molecule has 0 saturated heterocycles. The van der Waals surface area contributed by atoms with Crippen molar-refractivity contribution in [1.82, 2.24) is 0 Å². The molecule has 0 aromatic heterocycles. The maximum Gasteiger partial charge on any atom is 0.338 e. The van der Waals surface area contributed by atoms with Gasteiger partial charge in [0.2, 0.25) is 0 Å². The van der Waals surface area contributed by atoms with E-state index in [0.29, 0.717) is 12.0 Å². The number of fused-ring (bicyclic) bond motifs is 1. The summed E-state index contributed by atoms with van der Waals surface area (Å²) in [5, 5.41) is 0. The fourth-order valence-corrected chi connectivity index (χ4v) is 2.84. The van der Waals surface area contributed by atoms with Crippen LogP contribution in [0.3, 0.4) is 0 Å². The number of cyclic esters (lactones) is 1. The minimum Gasteiger partial charge on any atom is -0.459 e. The molecule has 0 amide bonds. The number of esters is 1. The molecular formula is C20H24O3. The molecule has 0 spiro atoms. The second-order valence-electron chi connectivity index (χ2n) is 6.16. The van der Waals surface area contributed by atoms with E-state index in [1.54, 1.807) is 6.08 Å². The molecule has 0 aliphatic carbocycles. The number of ether oxygens (including phenoxy) is 1. The molecule has 23 heavy (non-hydrogen) atoms. The van der Waals surface area contributed by atoms with Crippen LogP contribution in [-0.4, -0.2) is 17.9 Å². The quantitative estimate of drug-likeness (QED) is 0.531. The summed E-state index contributed by atoms with van der Waals surface area (Å²) in [4.78, 5) is 24.7. The average molecular weight is 312 g/mol. The second kappa shape index (κ2) is 7.91. The van der Waals surface area contributed by atoms with Crippen molar-refractivity contribution in [1.29, 1.82) is 0 Å². The maximum absolute atomic E-state index is 12.5. The Morgan fingerprint density at radius 2 is 1.78 bits per heavy atom. The van der Waals surface area contributed by atoms with Crippen LogP contribution in [0.1, 0.15) is 53.2 Å². The number of carbonyl (C=O) groups is 2. The highest BCUT2D eigenvalue weighted by atomic mass is 16.5. The Morgan fingerprint density at radius 1 is 1.04 bits per heavy atom. The number of hydrogen-bond donors (Lipinski definition) is 0. The highest BCUT2D eigenvalue weighted by molar-refractivity contribution is 5.97. The highest BCUT2D eigenvalue weighted by Gasteiger charge is 2.19. The number of allylic oxidation sites excluding steroid dienone is 3. The maximum atomic E-state index is 12.5. The van der Waals surface area contributed by atoms with Crippen molar-refractivity contribution in [3.8, 4) is 0 Å². The first-order valence-corrected chi connectivity index (χ1v) is 8.13. The van der Waals surface area contributed by atoms with E-state index in [1.165, 1.54) is 0 Å². The smallest absolute Gasteiger partial charge is 0.338 e. The third kappa shape index (κ3) is 4.92. The van der Waals surface area contributed by atoms with Gasteiger partial charge in [-0.3, -0.25) is 4.79 Å². The second-order valence-corrected chi connectivity index (χ2v) is 6.16. The molecule has 0 N–H and O–H groups in total. The standard InChI is InChI=1S/C20H24O3/c1-14-11-15(2)19-17(12-14)13-18(21)10-8-6-4-5-7-9-16(3)23-20(19)22/h5,7-8,10-12,16H,4,6,9,13H2,1-3H3/b7-5+,10-8+/t16-/m0/s1. The number of carbonyl (C=O) groups excluding carboxylic acids is 2. The molecule has 0 radical (unpaired) electrons. The van der Waals surface area contributed by atoms with Gasteiger partial charge in [-0.1, -0.05) is 35.9 Å². The van der Waals surface area contributed by atoms with Crippen molar-refractivity contribution in [2.24, 2.45) is 0 Å². The van der Waals surface area contributed by atoms with Gasteiger partial charge in [0.1, 0.15) is 6.10 Å². The Morgan fingerprint density at radius 3 is 2.57 bits per heavy atom. The largest absolute Gasteiger partial charge is 0.459 e. The molecule has 2 rings (SSSR count). The minimum atomic E-state index is -0.341. The fourth-order valence-electron chi connectivity index (χ4n) is 2.84. The third-order valence-corrected chi connectivity index (χ3v) is 3.88. The Balaban J connectivity index is 2.40. The van der Waals surface area contributed by atoms with Gasteiger partial charge in [-0.25, -0.2) is 4.79 Å². The fraction of sp³-hybridized carbons (Fsp3) is 0.400. The van der Waals surface area contributed by atoms with Gasteiger partial charge in [0.05, 0.1) is 5.56 Å². The van der Waals surface area contributed by atoms with Crippen LogP contribution in [0.15, 0.2) is 36.4 Å². The lowest BCUT2D eigenvalue weighted by molar-refractivity contribution is -0.114. The van der Waals surface area contributed by atoms with E-state index in [2.05, 4.69) is 6.08 Å². The van der Waals surface area contributed by atoms with Crippen LogP contribution in [0.5, 0.6) is 0 Å². The Labute approximate surface area is 138 Å². The van der Waals surface area contributed by atoms with E-state index >= 15 is 0 Å². The highest BCUT2D eigenvalue weighted by Crippen LogP contribution is 2.21. The first kappa shape index (κ1) is 17.2. The van der Waals surface area contributed by atoms with Gasteiger partial charge >= 0.3 is 5.97 Å². The molecule has 3 heteroatoms. The van der Waals surface area contributed by atoms with Crippen LogP contribution in [0.2, 0.25) is 0 Å². The summed E-state index contributed by atoms with van der Waals surface area (Å²) in [6, 6.07) is 3.86. The van der Waals surface area contributed by atoms with Crippen LogP contribution in [0.25, 0.3) is 0 Å². The predicted molar refractivity (Wildman–Crippen MR) is 91.6 cm³/mol. The molecule has 1 aliphatic rings. The van der Waals surface area contributed by atoms with Gasteiger partial charge in [-0.05, 0) is 50.8 Å². The summed E-state index contributed by atoms with van der Waals surface area (Å²) in [6.45, 7) is 5.75. The van der Waals surface area contributed by atoms with Gasteiger partial charge in [0.15, 0.2) is 5.78 Å². The molecule has 3 nitrogen and oxygen atoms in total. The van der Waals surface area contributed by atoms with Crippen LogP contribution >= 0.6 is 0 Å². The first-order chi connectivity index (χ1) is 11.0. The van der Waals surface area contributed by atoms with E-state index in [4.69, 9.17) is 4.74 Å². The van der Waals surface area contributed by atoms with Crippen LogP contribution in [0, 0.1) is 13.8 Å². The van der Waals surface area contributed by atoms with E-state index in [9.17, 15) is 9.59 Å². The van der Waals surface area contributed by atoms with Crippen LogP contribution in [0.4, 0.5) is 0 Å². The van der Waals surface area contributed by atoms with E-state index in [-0.39, 0.29) is 24.3 Å². The summed E-state index contributed by atoms with van der Waals surface area (Å²) in [6.07, 6.45) is 10.1. The van der Waals surface area contributed by atoms with Gasteiger partial charge in [-0.15, -0.1) is 0 Å². The molecular weight excluding hydrogens is 288 g/mol. The molecule has 0 bridgehead atoms. The molecule has 1 heterocycles. The SMILES string of the molecule is Cc1cc(C)c2c(c1)CC(=O)/C=C/CC/C=C/C[C@H](C)OC2=O. The first-order valence-electron chi connectivity index (χ1n) is 8.13. The summed E-state index contributed by atoms with van der Waals surface area (Å²) >= 11 is 0. The summed E-state index contributed by atoms with van der Waals surface area (Å²) < 4.78 is 5.56. The number of benzene rings is 1. The third-order valence-electron chi connectivity index (χ3n) is 3.88. The Bertz CT molecular complexity index is 653. The summed E-state index contributed by atoms with van der Waals surface area (Å²) in [5.74, 6) is -0.328. The Kier molecular flexibility index (Phi) is 5.91. The van der Waals surface area contributed by atoms with E-state index < -0.39 is 0 Å².